The van der Waals surface area contributed by atoms with E-state index in [1.54, 1.807) is 16.9 Å². The zero-order valence-electron chi connectivity index (χ0n) is 11.7. The van der Waals surface area contributed by atoms with E-state index in [9.17, 15) is 4.79 Å². The summed E-state index contributed by atoms with van der Waals surface area (Å²) in [5, 5.41) is 4.58. The third-order valence-electron chi connectivity index (χ3n) is 3.63. The van der Waals surface area contributed by atoms with Crippen LogP contribution in [0.25, 0.3) is 0 Å². The molecule has 1 amide bonds. The van der Waals surface area contributed by atoms with Gasteiger partial charge < -0.3 is 9.80 Å². The second-order valence-electron chi connectivity index (χ2n) is 5.01. The number of carbonyl (C=O) groups is 1. The van der Waals surface area contributed by atoms with Gasteiger partial charge in [0.15, 0.2) is 0 Å². The molecule has 0 N–H and O–H groups in total. The summed E-state index contributed by atoms with van der Waals surface area (Å²) in [4.78, 5) is 20.4. The third kappa shape index (κ3) is 2.85. The van der Waals surface area contributed by atoms with E-state index < -0.39 is 0 Å². The maximum atomic E-state index is 12.4. The highest BCUT2D eigenvalue weighted by molar-refractivity contribution is 6.33. The van der Waals surface area contributed by atoms with Crippen LogP contribution in [0.2, 0.25) is 5.02 Å². The maximum Gasteiger partial charge on any atom is 0.255 e. The van der Waals surface area contributed by atoms with Crippen molar-refractivity contribution in [2.24, 2.45) is 7.05 Å². The van der Waals surface area contributed by atoms with Gasteiger partial charge in [-0.05, 0) is 6.07 Å². The van der Waals surface area contributed by atoms with Gasteiger partial charge in [0.05, 0.1) is 22.5 Å². The minimum atomic E-state index is -0.0340. The first-order valence-corrected chi connectivity index (χ1v) is 7.15. The summed E-state index contributed by atoms with van der Waals surface area (Å²) in [6.45, 7) is 2.93. The van der Waals surface area contributed by atoms with Gasteiger partial charge in [-0.2, -0.15) is 5.10 Å². The predicted octanol–water partition coefficient (Wildman–Crippen LogP) is 1.43. The van der Waals surface area contributed by atoms with Gasteiger partial charge in [0.2, 0.25) is 0 Å². The highest BCUT2D eigenvalue weighted by Crippen LogP contribution is 2.19. The molecule has 1 aliphatic heterocycles. The van der Waals surface area contributed by atoms with Crippen LogP contribution >= 0.6 is 11.6 Å². The Balaban J connectivity index is 1.66. The Morgan fingerprint density at radius 1 is 1.24 bits per heavy atom. The summed E-state index contributed by atoms with van der Waals surface area (Å²) in [5.41, 5.74) is 1.60. The smallest absolute Gasteiger partial charge is 0.255 e. The Kier molecular flexibility index (Phi) is 3.79. The van der Waals surface area contributed by atoms with Gasteiger partial charge in [-0.1, -0.05) is 11.6 Å². The van der Waals surface area contributed by atoms with Crippen molar-refractivity contribution in [3.05, 3.63) is 41.4 Å². The summed E-state index contributed by atoms with van der Waals surface area (Å²) in [6.07, 6.45) is 6.92. The molecular formula is C14H16ClN5O. The molecule has 0 saturated carbocycles. The second kappa shape index (κ2) is 5.73. The fourth-order valence-corrected chi connectivity index (χ4v) is 2.66. The standard InChI is InChI=1S/C14H16ClN5O/c1-18-10-11(8-17-18)19-4-6-20(7-5-19)14(21)12-2-3-16-9-13(12)15/h2-3,8-10H,4-7H2,1H3. The summed E-state index contributed by atoms with van der Waals surface area (Å²) in [5.74, 6) is -0.0340. The zero-order valence-corrected chi connectivity index (χ0v) is 12.5. The molecule has 1 saturated heterocycles. The molecule has 1 aliphatic rings. The molecule has 7 heteroatoms. The Hall–Kier alpha value is -2.08. The molecule has 6 nitrogen and oxygen atoms in total. The molecule has 3 heterocycles. The minimum absolute atomic E-state index is 0.0340. The van der Waals surface area contributed by atoms with Crippen LogP contribution in [-0.4, -0.2) is 51.8 Å². The van der Waals surface area contributed by atoms with Crippen molar-refractivity contribution >= 4 is 23.2 Å². The number of anilines is 1. The number of piperazine rings is 1. The molecule has 0 aliphatic carbocycles. The summed E-state index contributed by atoms with van der Waals surface area (Å²) < 4.78 is 1.78. The Morgan fingerprint density at radius 3 is 2.62 bits per heavy atom. The highest BCUT2D eigenvalue weighted by atomic mass is 35.5. The molecule has 0 spiro atoms. The van der Waals surface area contributed by atoms with Crippen LogP contribution < -0.4 is 4.90 Å². The minimum Gasteiger partial charge on any atom is -0.365 e. The number of amides is 1. The lowest BCUT2D eigenvalue weighted by Gasteiger charge is -2.35. The molecule has 21 heavy (non-hydrogen) atoms. The Bertz CT molecular complexity index is 648. The van der Waals surface area contributed by atoms with Gasteiger partial charge >= 0.3 is 0 Å². The van der Waals surface area contributed by atoms with Crippen LogP contribution in [0.1, 0.15) is 10.4 Å². The number of aryl methyl sites for hydroxylation is 1. The van der Waals surface area contributed by atoms with E-state index in [2.05, 4.69) is 15.0 Å². The van der Waals surface area contributed by atoms with E-state index >= 15 is 0 Å². The van der Waals surface area contributed by atoms with Gasteiger partial charge in [-0.3, -0.25) is 14.5 Å². The van der Waals surface area contributed by atoms with E-state index in [4.69, 9.17) is 11.6 Å². The number of carbonyl (C=O) groups excluding carboxylic acids is 1. The van der Waals surface area contributed by atoms with Gasteiger partial charge in [0.1, 0.15) is 0 Å². The summed E-state index contributed by atoms with van der Waals surface area (Å²) >= 11 is 6.03. The average Bonchev–Trinajstić information content (AvgIpc) is 2.94. The molecule has 110 valence electrons. The van der Waals surface area contributed by atoms with Gasteiger partial charge in [0, 0.05) is 51.8 Å². The number of rotatable bonds is 2. The molecule has 0 atom stereocenters. The zero-order chi connectivity index (χ0) is 14.8. The monoisotopic (exact) mass is 305 g/mol. The van der Waals surface area contributed by atoms with Crippen molar-refractivity contribution in [3.8, 4) is 0 Å². The van der Waals surface area contributed by atoms with Crippen LogP contribution in [-0.2, 0) is 7.05 Å². The quantitative estimate of drug-likeness (QED) is 0.842. The van der Waals surface area contributed by atoms with E-state index in [-0.39, 0.29) is 5.91 Å². The third-order valence-corrected chi connectivity index (χ3v) is 3.93. The highest BCUT2D eigenvalue weighted by Gasteiger charge is 2.24. The lowest BCUT2D eigenvalue weighted by molar-refractivity contribution is 0.0747. The fourth-order valence-electron chi connectivity index (χ4n) is 2.46. The van der Waals surface area contributed by atoms with E-state index in [1.807, 2.05) is 24.3 Å². The number of nitrogens with zero attached hydrogens (tertiary/aromatic N) is 5. The van der Waals surface area contributed by atoms with Crippen LogP contribution in [0, 0.1) is 0 Å². The molecule has 1 fully saturated rings. The topological polar surface area (TPSA) is 54.3 Å². The lowest BCUT2D eigenvalue weighted by Crippen LogP contribution is -2.48. The van der Waals surface area contributed by atoms with Crippen LogP contribution in [0.15, 0.2) is 30.9 Å². The molecular weight excluding hydrogens is 290 g/mol. The van der Waals surface area contributed by atoms with Gasteiger partial charge in [0.25, 0.3) is 5.91 Å². The first kappa shape index (κ1) is 13.9. The van der Waals surface area contributed by atoms with Crippen LogP contribution in [0.4, 0.5) is 5.69 Å². The van der Waals surface area contributed by atoms with Gasteiger partial charge in [-0.15, -0.1) is 0 Å². The fraction of sp³-hybridized carbons (Fsp3) is 0.357. The maximum absolute atomic E-state index is 12.4. The normalized spacial score (nSPS) is 15.3. The SMILES string of the molecule is Cn1cc(N2CCN(C(=O)c3ccncc3Cl)CC2)cn1. The summed E-state index contributed by atoms with van der Waals surface area (Å²) in [7, 11) is 1.90. The van der Waals surface area contributed by atoms with Crippen molar-refractivity contribution in [1.29, 1.82) is 0 Å². The van der Waals surface area contributed by atoms with Crippen molar-refractivity contribution in [3.63, 3.8) is 0 Å². The van der Waals surface area contributed by atoms with Crippen LogP contribution in [0.3, 0.4) is 0 Å². The number of hydrogen-bond donors (Lipinski definition) is 0. The molecule has 0 bridgehead atoms. The second-order valence-corrected chi connectivity index (χ2v) is 5.41. The Labute approximate surface area is 127 Å². The van der Waals surface area contributed by atoms with E-state index in [1.165, 1.54) is 6.20 Å². The number of halogens is 1. The predicted molar refractivity (Wildman–Crippen MR) is 80.6 cm³/mol. The van der Waals surface area contributed by atoms with Crippen molar-refractivity contribution in [2.45, 2.75) is 0 Å². The van der Waals surface area contributed by atoms with Crippen molar-refractivity contribution in [2.75, 3.05) is 31.1 Å². The van der Waals surface area contributed by atoms with E-state index in [0.29, 0.717) is 23.7 Å². The van der Waals surface area contributed by atoms with Crippen LogP contribution in [0.5, 0.6) is 0 Å². The van der Waals surface area contributed by atoms with Crippen molar-refractivity contribution in [1.82, 2.24) is 19.7 Å². The number of pyridine rings is 1. The number of hydrogen-bond acceptors (Lipinski definition) is 4. The molecule has 2 aromatic rings. The molecule has 0 radical (unpaired) electrons. The molecule has 3 rings (SSSR count). The van der Waals surface area contributed by atoms with E-state index in [0.717, 1.165) is 18.8 Å². The molecule has 0 aromatic carbocycles. The Morgan fingerprint density at radius 2 is 2.00 bits per heavy atom. The molecule has 0 unspecified atom stereocenters. The largest absolute Gasteiger partial charge is 0.365 e. The first-order chi connectivity index (χ1) is 10.1. The first-order valence-electron chi connectivity index (χ1n) is 6.77. The lowest BCUT2D eigenvalue weighted by atomic mass is 10.2. The average molecular weight is 306 g/mol. The van der Waals surface area contributed by atoms with Crippen molar-refractivity contribution < 1.29 is 4.79 Å². The summed E-state index contributed by atoms with van der Waals surface area (Å²) in [6, 6.07) is 1.66. The molecule has 2 aromatic heterocycles. The van der Waals surface area contributed by atoms with Gasteiger partial charge in [-0.25, -0.2) is 0 Å². The number of aromatic nitrogens is 3.